The third-order valence-electron chi connectivity index (χ3n) is 9.96. The highest BCUT2D eigenvalue weighted by atomic mass is 32.1. The van der Waals surface area contributed by atoms with Gasteiger partial charge in [0.2, 0.25) is 0 Å². The molecule has 0 aliphatic heterocycles. The maximum absolute atomic E-state index is 5.36. The number of rotatable bonds is 3. The maximum Gasteiger partial charge on any atom is 0.160 e. The number of aromatic nitrogens is 3. The number of nitrogens with zero attached hydrogens (tertiary/aromatic N) is 3. The SMILES string of the molecule is CC1(C)c2ccccc2-c2c(-c3cccc(-n4c5ccccc5c5ccc6c7ccccc7sc6c54)c3)nc(-c3ccccc3)nc21. The second-order valence-corrected chi connectivity index (χ2v) is 14.0. The Kier molecular flexibility index (Phi) is 5.50. The van der Waals surface area contributed by atoms with E-state index in [1.54, 1.807) is 0 Å². The minimum Gasteiger partial charge on any atom is -0.308 e. The number of thiophene rings is 1. The monoisotopic (exact) mass is 619 g/mol. The molecule has 0 spiro atoms. The van der Waals surface area contributed by atoms with E-state index in [1.165, 1.54) is 53.1 Å². The Morgan fingerprint density at radius 3 is 2.21 bits per heavy atom. The molecule has 4 heteroatoms. The van der Waals surface area contributed by atoms with Crippen molar-refractivity contribution in [1.82, 2.24) is 14.5 Å². The molecular weight excluding hydrogens is 591 g/mol. The van der Waals surface area contributed by atoms with E-state index in [0.29, 0.717) is 0 Å². The molecule has 0 saturated carbocycles. The van der Waals surface area contributed by atoms with E-state index in [1.807, 2.05) is 17.4 Å². The van der Waals surface area contributed by atoms with E-state index in [4.69, 9.17) is 9.97 Å². The van der Waals surface area contributed by atoms with E-state index in [2.05, 4.69) is 152 Å². The Labute approximate surface area is 276 Å². The van der Waals surface area contributed by atoms with Crippen LogP contribution in [0, 0.1) is 0 Å². The van der Waals surface area contributed by atoms with Crippen LogP contribution < -0.4 is 0 Å². The third kappa shape index (κ3) is 3.73. The Morgan fingerprint density at radius 1 is 0.596 bits per heavy atom. The van der Waals surface area contributed by atoms with Gasteiger partial charge in [-0.15, -0.1) is 11.3 Å². The van der Waals surface area contributed by atoms with Gasteiger partial charge in [-0.1, -0.05) is 129 Å². The molecule has 10 rings (SSSR count). The van der Waals surface area contributed by atoms with Crippen molar-refractivity contribution >= 4 is 53.3 Å². The molecule has 222 valence electrons. The molecule has 0 bridgehead atoms. The van der Waals surface area contributed by atoms with Gasteiger partial charge in [0.05, 0.1) is 27.1 Å². The minimum atomic E-state index is -0.246. The highest BCUT2D eigenvalue weighted by Crippen LogP contribution is 2.51. The lowest BCUT2D eigenvalue weighted by Crippen LogP contribution is -2.17. The molecule has 3 nitrogen and oxygen atoms in total. The average molecular weight is 620 g/mol. The first kappa shape index (κ1) is 26.6. The summed E-state index contributed by atoms with van der Waals surface area (Å²) in [7, 11) is 0. The van der Waals surface area contributed by atoms with E-state index < -0.39 is 0 Å². The Hall–Kier alpha value is -5.58. The van der Waals surface area contributed by atoms with Crippen LogP contribution in [0.3, 0.4) is 0 Å². The first-order chi connectivity index (χ1) is 23.1. The molecule has 0 atom stereocenters. The minimum absolute atomic E-state index is 0.246. The highest BCUT2D eigenvalue weighted by Gasteiger charge is 2.39. The topological polar surface area (TPSA) is 30.7 Å². The summed E-state index contributed by atoms with van der Waals surface area (Å²) >= 11 is 1.88. The number of hydrogen-bond acceptors (Lipinski definition) is 3. The zero-order valence-corrected chi connectivity index (χ0v) is 26.8. The van der Waals surface area contributed by atoms with Crippen LogP contribution in [0.25, 0.3) is 81.4 Å². The molecule has 0 N–H and O–H groups in total. The predicted octanol–water partition coefficient (Wildman–Crippen LogP) is 11.6. The lowest BCUT2D eigenvalue weighted by atomic mass is 9.85. The smallest absolute Gasteiger partial charge is 0.160 e. The molecule has 0 amide bonds. The fourth-order valence-electron chi connectivity index (χ4n) is 7.76. The normalized spacial score (nSPS) is 13.5. The van der Waals surface area contributed by atoms with Gasteiger partial charge in [-0.25, -0.2) is 9.97 Å². The van der Waals surface area contributed by atoms with Crippen molar-refractivity contribution in [3.63, 3.8) is 0 Å². The molecule has 1 aliphatic rings. The largest absolute Gasteiger partial charge is 0.308 e. The van der Waals surface area contributed by atoms with Gasteiger partial charge in [0.15, 0.2) is 5.82 Å². The van der Waals surface area contributed by atoms with Gasteiger partial charge in [0, 0.05) is 54.0 Å². The number of benzene rings is 6. The highest BCUT2D eigenvalue weighted by molar-refractivity contribution is 7.26. The Bertz CT molecular complexity index is 2710. The fourth-order valence-corrected chi connectivity index (χ4v) is 9.00. The lowest BCUT2D eigenvalue weighted by Gasteiger charge is -2.21. The van der Waals surface area contributed by atoms with Crippen LogP contribution in [0.5, 0.6) is 0 Å². The molecule has 3 heterocycles. The van der Waals surface area contributed by atoms with Crippen molar-refractivity contribution in [3.8, 4) is 39.5 Å². The van der Waals surface area contributed by atoms with Gasteiger partial charge in [-0.2, -0.15) is 0 Å². The molecule has 0 saturated heterocycles. The standard InChI is InChI=1S/C43H29N3S/c1-43(2)34-20-9-6-19-33(34)37-38(44-42(45-41(37)43)26-13-4-3-5-14-26)27-15-12-16-28(25-27)46-35-21-10-7-17-29(35)31-23-24-32-30-18-8-11-22-36(30)47-40(32)39(31)46/h3-25H,1-2H3. The van der Waals surface area contributed by atoms with Crippen LogP contribution >= 0.6 is 11.3 Å². The van der Waals surface area contributed by atoms with Gasteiger partial charge in [0.25, 0.3) is 0 Å². The van der Waals surface area contributed by atoms with Crippen LogP contribution in [0.4, 0.5) is 0 Å². The quantitative estimate of drug-likeness (QED) is 0.197. The van der Waals surface area contributed by atoms with Gasteiger partial charge in [0.1, 0.15) is 0 Å². The van der Waals surface area contributed by atoms with Crippen LogP contribution in [0.15, 0.2) is 140 Å². The maximum atomic E-state index is 5.36. The summed E-state index contributed by atoms with van der Waals surface area (Å²) in [4.78, 5) is 10.6. The van der Waals surface area contributed by atoms with Crippen LogP contribution in [0.1, 0.15) is 25.1 Å². The summed E-state index contributed by atoms with van der Waals surface area (Å²) in [6, 6.07) is 50.2. The van der Waals surface area contributed by atoms with E-state index in [-0.39, 0.29) is 5.41 Å². The zero-order chi connectivity index (χ0) is 31.3. The molecule has 0 fully saturated rings. The van der Waals surface area contributed by atoms with Crippen molar-refractivity contribution in [3.05, 3.63) is 151 Å². The third-order valence-corrected chi connectivity index (χ3v) is 11.2. The summed E-state index contributed by atoms with van der Waals surface area (Å²) in [5.74, 6) is 0.759. The molecule has 3 aromatic heterocycles. The fraction of sp³-hybridized carbons (Fsp3) is 0.0698. The molecule has 9 aromatic rings. The van der Waals surface area contributed by atoms with Crippen LogP contribution in [0.2, 0.25) is 0 Å². The number of hydrogen-bond donors (Lipinski definition) is 0. The van der Waals surface area contributed by atoms with Gasteiger partial charge in [-0.3, -0.25) is 0 Å². The van der Waals surface area contributed by atoms with Crippen molar-refractivity contribution < 1.29 is 0 Å². The van der Waals surface area contributed by atoms with Crippen molar-refractivity contribution in [2.24, 2.45) is 0 Å². The van der Waals surface area contributed by atoms with Gasteiger partial charge in [-0.05, 0) is 35.4 Å². The first-order valence-corrected chi connectivity index (χ1v) is 16.9. The lowest BCUT2D eigenvalue weighted by molar-refractivity contribution is 0.636. The van der Waals surface area contributed by atoms with Crippen LogP contribution in [-0.4, -0.2) is 14.5 Å². The van der Waals surface area contributed by atoms with Crippen LogP contribution in [-0.2, 0) is 5.41 Å². The second-order valence-electron chi connectivity index (χ2n) is 13.0. The summed E-state index contributed by atoms with van der Waals surface area (Å²) in [6.07, 6.45) is 0. The van der Waals surface area contributed by atoms with E-state index in [9.17, 15) is 0 Å². The molecule has 47 heavy (non-hydrogen) atoms. The van der Waals surface area contributed by atoms with Crippen molar-refractivity contribution in [2.45, 2.75) is 19.3 Å². The predicted molar refractivity (Wildman–Crippen MR) is 198 cm³/mol. The Balaban J connectivity index is 1.28. The van der Waals surface area contributed by atoms with E-state index >= 15 is 0 Å². The molecule has 6 aromatic carbocycles. The summed E-state index contributed by atoms with van der Waals surface area (Å²) < 4.78 is 5.09. The molecule has 1 aliphatic carbocycles. The summed E-state index contributed by atoms with van der Waals surface area (Å²) in [5.41, 5.74) is 11.1. The summed E-state index contributed by atoms with van der Waals surface area (Å²) in [6.45, 7) is 4.57. The number of fused-ring (bicyclic) bond motifs is 10. The molecule has 0 radical (unpaired) electrons. The van der Waals surface area contributed by atoms with E-state index in [0.717, 1.165) is 39.6 Å². The Morgan fingerprint density at radius 2 is 1.32 bits per heavy atom. The first-order valence-electron chi connectivity index (χ1n) is 16.1. The number of para-hydroxylation sites is 1. The van der Waals surface area contributed by atoms with Gasteiger partial charge < -0.3 is 4.57 Å². The average Bonchev–Trinajstić information content (AvgIpc) is 3.74. The van der Waals surface area contributed by atoms with Crippen molar-refractivity contribution in [1.29, 1.82) is 0 Å². The van der Waals surface area contributed by atoms with Gasteiger partial charge >= 0.3 is 0 Å². The van der Waals surface area contributed by atoms with Crippen molar-refractivity contribution in [2.75, 3.05) is 0 Å². The molecule has 0 unspecified atom stereocenters. The zero-order valence-electron chi connectivity index (χ0n) is 26.0. The summed E-state index contributed by atoms with van der Waals surface area (Å²) in [5, 5.41) is 5.15. The molecular formula is C43H29N3S. The second kappa shape index (κ2) is 9.71.